The molecule has 1 fully saturated rings. The molecular formula is C22H24ClNO3. The molecule has 0 aliphatic carbocycles. The van der Waals surface area contributed by atoms with Gasteiger partial charge in [0, 0.05) is 36.3 Å². The van der Waals surface area contributed by atoms with Crippen molar-refractivity contribution in [3.63, 3.8) is 0 Å². The molecule has 27 heavy (non-hydrogen) atoms. The predicted molar refractivity (Wildman–Crippen MR) is 108 cm³/mol. The average molecular weight is 386 g/mol. The van der Waals surface area contributed by atoms with Gasteiger partial charge < -0.3 is 14.8 Å². The molecule has 0 aromatic heterocycles. The first-order valence-corrected chi connectivity index (χ1v) is 9.43. The molecule has 0 bridgehead atoms. The van der Waals surface area contributed by atoms with Gasteiger partial charge in [0.25, 0.3) is 0 Å². The molecule has 142 valence electrons. The lowest BCUT2D eigenvalue weighted by molar-refractivity contribution is -0.116. The second-order valence-electron chi connectivity index (χ2n) is 6.72. The van der Waals surface area contributed by atoms with Gasteiger partial charge in [-0.2, -0.15) is 0 Å². The highest BCUT2D eigenvalue weighted by Crippen LogP contribution is 2.35. The van der Waals surface area contributed by atoms with Crippen LogP contribution >= 0.6 is 11.6 Å². The lowest BCUT2D eigenvalue weighted by Crippen LogP contribution is -2.44. The maximum atomic E-state index is 12.3. The number of carbonyl (C=O) groups excluding carboxylic acids is 1. The van der Waals surface area contributed by atoms with E-state index < -0.39 is 0 Å². The first-order chi connectivity index (χ1) is 13.1. The molecule has 0 atom stereocenters. The zero-order valence-corrected chi connectivity index (χ0v) is 16.2. The van der Waals surface area contributed by atoms with E-state index in [0.29, 0.717) is 24.8 Å². The summed E-state index contributed by atoms with van der Waals surface area (Å²) >= 11 is 5.88. The second kappa shape index (κ2) is 9.07. The van der Waals surface area contributed by atoms with Crippen molar-refractivity contribution >= 4 is 23.6 Å². The van der Waals surface area contributed by atoms with Crippen LogP contribution in [0.3, 0.4) is 0 Å². The molecule has 1 N–H and O–H groups in total. The monoisotopic (exact) mass is 385 g/mol. The number of methoxy groups -OCH3 is 1. The van der Waals surface area contributed by atoms with Crippen LogP contribution < -0.4 is 10.1 Å². The van der Waals surface area contributed by atoms with Crippen LogP contribution in [0.4, 0.5) is 0 Å². The van der Waals surface area contributed by atoms with Crippen molar-refractivity contribution < 1.29 is 14.3 Å². The van der Waals surface area contributed by atoms with E-state index in [-0.39, 0.29) is 11.3 Å². The van der Waals surface area contributed by atoms with Crippen molar-refractivity contribution in [1.82, 2.24) is 5.32 Å². The lowest BCUT2D eigenvalue weighted by Gasteiger charge is -2.38. The molecule has 5 heteroatoms. The van der Waals surface area contributed by atoms with Crippen LogP contribution in [0.15, 0.2) is 54.6 Å². The highest BCUT2D eigenvalue weighted by molar-refractivity contribution is 6.30. The molecule has 3 rings (SSSR count). The Labute approximate surface area is 165 Å². The zero-order chi connectivity index (χ0) is 19.1. The molecule has 1 aliphatic heterocycles. The van der Waals surface area contributed by atoms with E-state index in [4.69, 9.17) is 21.1 Å². The molecular weight excluding hydrogens is 362 g/mol. The maximum Gasteiger partial charge on any atom is 0.244 e. The topological polar surface area (TPSA) is 47.6 Å². The Morgan fingerprint density at radius 3 is 2.44 bits per heavy atom. The fourth-order valence-electron chi connectivity index (χ4n) is 3.34. The number of benzene rings is 2. The van der Waals surface area contributed by atoms with Gasteiger partial charge in [-0.15, -0.1) is 0 Å². The van der Waals surface area contributed by atoms with Crippen molar-refractivity contribution in [2.75, 3.05) is 26.9 Å². The van der Waals surface area contributed by atoms with E-state index in [1.807, 2.05) is 24.3 Å². The quantitative estimate of drug-likeness (QED) is 0.757. The first-order valence-electron chi connectivity index (χ1n) is 9.05. The number of amides is 1. The summed E-state index contributed by atoms with van der Waals surface area (Å²) in [5.74, 6) is 0.722. The number of nitrogens with one attached hydrogen (secondary N) is 1. The Morgan fingerprint density at radius 1 is 1.15 bits per heavy atom. The summed E-state index contributed by atoms with van der Waals surface area (Å²) in [6, 6.07) is 15.5. The van der Waals surface area contributed by atoms with Gasteiger partial charge in [0.1, 0.15) is 5.75 Å². The van der Waals surface area contributed by atoms with Gasteiger partial charge >= 0.3 is 0 Å². The standard InChI is InChI=1S/C22H24ClNO3/c1-26-20-9-5-18(6-10-20)22(12-14-27-15-13-22)16-24-21(25)11-4-17-2-7-19(23)8-3-17/h2-11H,12-16H2,1H3,(H,24,25)/b11-4+. The molecule has 2 aromatic rings. The van der Waals surface area contributed by atoms with Gasteiger partial charge in [-0.05, 0) is 54.3 Å². The summed E-state index contributed by atoms with van der Waals surface area (Å²) in [4.78, 5) is 12.3. The molecule has 0 spiro atoms. The van der Waals surface area contributed by atoms with Crippen LogP contribution in [0.25, 0.3) is 6.08 Å². The smallest absolute Gasteiger partial charge is 0.244 e. The predicted octanol–water partition coefficient (Wildman–Crippen LogP) is 4.23. The fourth-order valence-corrected chi connectivity index (χ4v) is 3.46. The van der Waals surface area contributed by atoms with Crippen LogP contribution in [-0.2, 0) is 14.9 Å². The summed E-state index contributed by atoms with van der Waals surface area (Å²) < 4.78 is 10.8. The second-order valence-corrected chi connectivity index (χ2v) is 7.16. The highest BCUT2D eigenvalue weighted by atomic mass is 35.5. The van der Waals surface area contributed by atoms with E-state index >= 15 is 0 Å². The summed E-state index contributed by atoms with van der Waals surface area (Å²) in [5.41, 5.74) is 2.02. The zero-order valence-electron chi connectivity index (χ0n) is 15.4. The van der Waals surface area contributed by atoms with E-state index in [1.165, 1.54) is 5.56 Å². The Morgan fingerprint density at radius 2 is 1.81 bits per heavy atom. The SMILES string of the molecule is COc1ccc(C2(CNC(=O)/C=C/c3ccc(Cl)cc3)CCOCC2)cc1. The number of carbonyl (C=O) groups is 1. The minimum absolute atomic E-state index is 0.107. The fraction of sp³-hybridized carbons (Fsp3) is 0.318. The minimum Gasteiger partial charge on any atom is -0.497 e. The molecule has 0 unspecified atom stereocenters. The van der Waals surface area contributed by atoms with E-state index in [9.17, 15) is 4.79 Å². The molecule has 0 saturated carbocycles. The number of hydrogen-bond acceptors (Lipinski definition) is 3. The van der Waals surface area contributed by atoms with Crippen LogP contribution in [0, 0.1) is 0 Å². The molecule has 1 saturated heterocycles. The van der Waals surface area contributed by atoms with E-state index in [0.717, 1.165) is 24.2 Å². The number of halogens is 1. The summed E-state index contributed by atoms with van der Waals surface area (Å²) in [7, 11) is 1.66. The third kappa shape index (κ3) is 5.12. The van der Waals surface area contributed by atoms with Crippen LogP contribution in [0.2, 0.25) is 5.02 Å². The average Bonchev–Trinajstić information content (AvgIpc) is 2.72. The van der Waals surface area contributed by atoms with Gasteiger partial charge in [-0.3, -0.25) is 4.79 Å². The van der Waals surface area contributed by atoms with Crippen molar-refractivity contribution in [3.05, 3.63) is 70.8 Å². The van der Waals surface area contributed by atoms with Crippen molar-refractivity contribution in [2.45, 2.75) is 18.3 Å². The van der Waals surface area contributed by atoms with Gasteiger partial charge in [-0.1, -0.05) is 35.9 Å². The summed E-state index contributed by atoms with van der Waals surface area (Å²) in [5, 5.41) is 3.74. The van der Waals surface area contributed by atoms with E-state index in [2.05, 4.69) is 17.4 Å². The normalized spacial score (nSPS) is 16.2. The molecule has 1 aliphatic rings. The highest BCUT2D eigenvalue weighted by Gasteiger charge is 2.34. The Kier molecular flexibility index (Phi) is 6.54. The molecule has 1 amide bonds. The van der Waals surface area contributed by atoms with Crippen LogP contribution in [-0.4, -0.2) is 32.8 Å². The van der Waals surface area contributed by atoms with E-state index in [1.54, 1.807) is 31.4 Å². The van der Waals surface area contributed by atoms with Crippen molar-refractivity contribution in [1.29, 1.82) is 0 Å². The number of rotatable bonds is 6. The van der Waals surface area contributed by atoms with Gasteiger partial charge in [-0.25, -0.2) is 0 Å². The Hall–Kier alpha value is -2.30. The minimum atomic E-state index is -0.117. The van der Waals surface area contributed by atoms with Crippen LogP contribution in [0.5, 0.6) is 5.75 Å². The van der Waals surface area contributed by atoms with Crippen molar-refractivity contribution in [3.8, 4) is 5.75 Å². The summed E-state index contributed by atoms with van der Waals surface area (Å²) in [6.07, 6.45) is 5.10. The molecule has 1 heterocycles. The van der Waals surface area contributed by atoms with Crippen molar-refractivity contribution in [2.24, 2.45) is 0 Å². The summed E-state index contributed by atoms with van der Waals surface area (Å²) in [6.45, 7) is 1.97. The first kappa shape index (κ1) is 19.5. The largest absolute Gasteiger partial charge is 0.497 e. The maximum absolute atomic E-state index is 12.3. The van der Waals surface area contributed by atoms with Gasteiger partial charge in [0.2, 0.25) is 5.91 Å². The molecule has 2 aromatic carbocycles. The molecule has 0 radical (unpaired) electrons. The molecule has 4 nitrogen and oxygen atoms in total. The van der Waals surface area contributed by atoms with Crippen LogP contribution in [0.1, 0.15) is 24.0 Å². The number of hydrogen-bond donors (Lipinski definition) is 1. The third-order valence-electron chi connectivity index (χ3n) is 5.05. The van der Waals surface area contributed by atoms with Gasteiger partial charge in [0.15, 0.2) is 0 Å². The van der Waals surface area contributed by atoms with Gasteiger partial charge in [0.05, 0.1) is 7.11 Å². The Bertz CT molecular complexity index is 778. The third-order valence-corrected chi connectivity index (χ3v) is 5.30. The lowest BCUT2D eigenvalue weighted by atomic mass is 9.74. The Balaban J connectivity index is 1.67. The number of ether oxygens (including phenoxy) is 2.